The summed E-state index contributed by atoms with van der Waals surface area (Å²) in [5.74, 6) is -0.920. The van der Waals surface area contributed by atoms with Crippen molar-refractivity contribution >= 4 is 11.6 Å². The predicted molar refractivity (Wildman–Crippen MR) is 69.9 cm³/mol. The minimum atomic E-state index is -0.740. The van der Waals surface area contributed by atoms with E-state index in [1.165, 1.54) is 12.1 Å². The maximum absolute atomic E-state index is 13.1. The number of amides is 1. The summed E-state index contributed by atoms with van der Waals surface area (Å²) in [4.78, 5) is 11.6. The van der Waals surface area contributed by atoms with Gasteiger partial charge in [0.05, 0.1) is 5.69 Å². The van der Waals surface area contributed by atoms with Gasteiger partial charge in [0.15, 0.2) is 0 Å². The largest absolute Gasteiger partial charge is 0.370 e. The lowest BCUT2D eigenvalue weighted by molar-refractivity contribution is -0.118. The Bertz CT molecular complexity index is 608. The van der Waals surface area contributed by atoms with E-state index in [1.54, 1.807) is 37.0 Å². The number of carbonyl (C=O) groups is 1. The highest BCUT2D eigenvalue weighted by atomic mass is 19.1. The number of hydrogen-bond acceptors (Lipinski definition) is 3. The van der Waals surface area contributed by atoms with Crippen LogP contribution >= 0.6 is 0 Å². The molecule has 6 heteroatoms. The lowest BCUT2D eigenvalue weighted by atomic mass is 10.1. The van der Waals surface area contributed by atoms with Gasteiger partial charge in [0.2, 0.25) is 5.91 Å². The summed E-state index contributed by atoms with van der Waals surface area (Å²) in [6, 6.07) is 5.13. The Balaban J connectivity index is 2.32. The third-order valence-electron chi connectivity index (χ3n) is 2.78. The fourth-order valence-corrected chi connectivity index (χ4v) is 1.95. The van der Waals surface area contributed by atoms with Crippen LogP contribution in [0.4, 0.5) is 10.1 Å². The fraction of sp³-hybridized carbons (Fsp3) is 0.231. The molecule has 19 heavy (non-hydrogen) atoms. The van der Waals surface area contributed by atoms with Gasteiger partial charge in [-0.1, -0.05) is 6.07 Å². The smallest absolute Gasteiger partial charge is 0.244 e. The molecule has 1 amide bonds. The molecule has 0 saturated heterocycles. The van der Waals surface area contributed by atoms with Crippen molar-refractivity contribution in [1.82, 2.24) is 9.78 Å². The Morgan fingerprint density at radius 2 is 2.26 bits per heavy atom. The molecule has 0 radical (unpaired) electrons. The van der Waals surface area contributed by atoms with Crippen molar-refractivity contribution in [3.63, 3.8) is 0 Å². The zero-order chi connectivity index (χ0) is 14.0. The second kappa shape index (κ2) is 5.09. The third kappa shape index (κ3) is 2.90. The Labute approximate surface area is 110 Å². The normalized spacial score (nSPS) is 12.2. The summed E-state index contributed by atoms with van der Waals surface area (Å²) >= 11 is 0. The van der Waals surface area contributed by atoms with E-state index >= 15 is 0 Å². The number of primary amides is 1. The van der Waals surface area contributed by atoms with Gasteiger partial charge in [0, 0.05) is 24.5 Å². The third-order valence-corrected chi connectivity index (χ3v) is 2.78. The van der Waals surface area contributed by atoms with Gasteiger partial charge in [-0.15, -0.1) is 0 Å². The van der Waals surface area contributed by atoms with E-state index < -0.39 is 11.9 Å². The van der Waals surface area contributed by atoms with Crippen molar-refractivity contribution in [2.75, 3.05) is 5.32 Å². The van der Waals surface area contributed by atoms with E-state index in [9.17, 15) is 9.18 Å². The number of aryl methyl sites for hydroxylation is 2. The number of aromatic nitrogens is 2. The SMILES string of the molecule is Cc1nn(C)cc1C(Nc1cccc(F)c1)C(N)=O. The average molecular weight is 262 g/mol. The maximum Gasteiger partial charge on any atom is 0.244 e. The molecule has 0 spiro atoms. The quantitative estimate of drug-likeness (QED) is 0.877. The van der Waals surface area contributed by atoms with Crippen LogP contribution < -0.4 is 11.1 Å². The summed E-state index contributed by atoms with van der Waals surface area (Å²) in [5, 5.41) is 7.09. The van der Waals surface area contributed by atoms with Crippen LogP contribution in [-0.4, -0.2) is 15.7 Å². The Kier molecular flexibility index (Phi) is 3.50. The van der Waals surface area contributed by atoms with Crippen LogP contribution in [-0.2, 0) is 11.8 Å². The van der Waals surface area contributed by atoms with Crippen LogP contribution in [0.5, 0.6) is 0 Å². The number of nitrogens with zero attached hydrogens (tertiary/aromatic N) is 2. The van der Waals surface area contributed by atoms with Crippen molar-refractivity contribution in [2.45, 2.75) is 13.0 Å². The van der Waals surface area contributed by atoms with Gasteiger partial charge in [-0.3, -0.25) is 9.48 Å². The molecule has 2 aromatic rings. The zero-order valence-corrected chi connectivity index (χ0v) is 10.7. The first kappa shape index (κ1) is 13.1. The van der Waals surface area contributed by atoms with Gasteiger partial charge in [-0.2, -0.15) is 5.10 Å². The first-order valence-electron chi connectivity index (χ1n) is 5.79. The first-order chi connectivity index (χ1) is 8.97. The van der Waals surface area contributed by atoms with E-state index in [4.69, 9.17) is 5.73 Å². The van der Waals surface area contributed by atoms with Crippen molar-refractivity contribution in [1.29, 1.82) is 0 Å². The summed E-state index contributed by atoms with van der Waals surface area (Å²) in [5.41, 5.74) is 7.28. The van der Waals surface area contributed by atoms with Crippen molar-refractivity contribution in [3.8, 4) is 0 Å². The van der Waals surface area contributed by atoms with Gasteiger partial charge >= 0.3 is 0 Å². The number of nitrogens with one attached hydrogen (secondary N) is 1. The summed E-state index contributed by atoms with van der Waals surface area (Å²) in [6.45, 7) is 1.79. The molecule has 0 bridgehead atoms. The van der Waals surface area contributed by atoms with Gasteiger partial charge < -0.3 is 11.1 Å². The first-order valence-corrected chi connectivity index (χ1v) is 5.79. The topological polar surface area (TPSA) is 72.9 Å². The highest BCUT2D eigenvalue weighted by Gasteiger charge is 2.21. The molecule has 2 rings (SSSR count). The van der Waals surface area contributed by atoms with Gasteiger partial charge in [0.1, 0.15) is 11.9 Å². The van der Waals surface area contributed by atoms with Crippen LogP contribution in [0, 0.1) is 12.7 Å². The number of carbonyl (C=O) groups excluding carboxylic acids is 1. The summed E-state index contributed by atoms with van der Waals surface area (Å²) in [6.07, 6.45) is 1.72. The maximum atomic E-state index is 13.1. The van der Waals surface area contributed by atoms with E-state index in [1.807, 2.05) is 0 Å². The van der Waals surface area contributed by atoms with Crippen LogP contribution in [0.15, 0.2) is 30.5 Å². The number of nitrogens with two attached hydrogens (primary N) is 1. The molecule has 0 aliphatic rings. The molecule has 0 aliphatic heterocycles. The zero-order valence-electron chi connectivity index (χ0n) is 10.7. The molecule has 100 valence electrons. The number of anilines is 1. The lowest BCUT2D eigenvalue weighted by Gasteiger charge is -2.16. The monoisotopic (exact) mass is 262 g/mol. The Morgan fingerprint density at radius 1 is 1.53 bits per heavy atom. The number of halogens is 1. The highest BCUT2D eigenvalue weighted by molar-refractivity contribution is 5.84. The van der Waals surface area contributed by atoms with E-state index in [0.717, 1.165) is 0 Å². The van der Waals surface area contributed by atoms with Crippen LogP contribution in [0.1, 0.15) is 17.3 Å². The second-order valence-corrected chi connectivity index (χ2v) is 4.33. The highest BCUT2D eigenvalue weighted by Crippen LogP contribution is 2.22. The summed E-state index contributed by atoms with van der Waals surface area (Å²) in [7, 11) is 1.76. The Morgan fingerprint density at radius 3 is 2.79 bits per heavy atom. The molecule has 0 aliphatic carbocycles. The number of hydrogen-bond donors (Lipinski definition) is 2. The minimum Gasteiger partial charge on any atom is -0.370 e. The molecular weight excluding hydrogens is 247 g/mol. The minimum absolute atomic E-state index is 0.379. The van der Waals surface area contributed by atoms with E-state index in [-0.39, 0.29) is 5.82 Å². The van der Waals surface area contributed by atoms with Crippen LogP contribution in [0.2, 0.25) is 0 Å². The lowest BCUT2D eigenvalue weighted by Crippen LogP contribution is -2.28. The van der Waals surface area contributed by atoms with Gasteiger partial charge in [0.25, 0.3) is 0 Å². The molecule has 1 aromatic heterocycles. The molecule has 0 fully saturated rings. The van der Waals surface area contributed by atoms with E-state index in [0.29, 0.717) is 16.9 Å². The summed E-state index contributed by atoms with van der Waals surface area (Å²) < 4.78 is 14.7. The molecule has 1 heterocycles. The standard InChI is InChI=1S/C13H15FN4O/c1-8-11(7-18(2)17-8)12(13(15)19)16-10-5-3-4-9(14)6-10/h3-7,12,16H,1-2H3,(H2,15,19). The molecule has 1 aromatic carbocycles. The molecular formula is C13H15FN4O. The second-order valence-electron chi connectivity index (χ2n) is 4.33. The molecule has 0 saturated carbocycles. The van der Waals surface area contributed by atoms with Crippen molar-refractivity contribution in [3.05, 3.63) is 47.5 Å². The van der Waals surface area contributed by atoms with Crippen molar-refractivity contribution < 1.29 is 9.18 Å². The number of benzene rings is 1. The fourth-order valence-electron chi connectivity index (χ4n) is 1.95. The van der Waals surface area contributed by atoms with Crippen LogP contribution in [0.25, 0.3) is 0 Å². The van der Waals surface area contributed by atoms with Crippen molar-refractivity contribution in [2.24, 2.45) is 12.8 Å². The van der Waals surface area contributed by atoms with E-state index in [2.05, 4.69) is 10.4 Å². The van der Waals surface area contributed by atoms with Gasteiger partial charge in [-0.05, 0) is 25.1 Å². The molecule has 5 nitrogen and oxygen atoms in total. The molecule has 3 N–H and O–H groups in total. The molecule has 1 atom stereocenters. The average Bonchev–Trinajstić information content (AvgIpc) is 2.65. The van der Waals surface area contributed by atoms with Gasteiger partial charge in [-0.25, -0.2) is 4.39 Å². The molecule has 1 unspecified atom stereocenters. The van der Waals surface area contributed by atoms with Crippen LogP contribution in [0.3, 0.4) is 0 Å². The predicted octanol–water partition coefficient (Wildman–Crippen LogP) is 1.51. The number of rotatable bonds is 4. The Hall–Kier alpha value is -2.37.